The summed E-state index contributed by atoms with van der Waals surface area (Å²) < 4.78 is 20.2. The van der Waals surface area contributed by atoms with E-state index in [1.165, 1.54) is 23.5 Å². The van der Waals surface area contributed by atoms with E-state index in [1.54, 1.807) is 23.5 Å². The van der Waals surface area contributed by atoms with Crippen LogP contribution in [-0.2, 0) is 0 Å². The number of carbonyl (C=O) groups excluding carboxylic acids is 1. The van der Waals surface area contributed by atoms with Crippen molar-refractivity contribution in [1.82, 2.24) is 14.7 Å². The van der Waals surface area contributed by atoms with Crippen LogP contribution in [0.15, 0.2) is 41.9 Å². The lowest BCUT2D eigenvalue weighted by molar-refractivity contribution is 0.0951. The number of thiazole rings is 1. The summed E-state index contributed by atoms with van der Waals surface area (Å²) in [4.78, 5) is 19.1. The van der Waals surface area contributed by atoms with Gasteiger partial charge in [-0.3, -0.25) is 9.20 Å². The highest BCUT2D eigenvalue weighted by Gasteiger charge is 2.14. The molecule has 1 aromatic carbocycles. The number of ether oxygens (including phenoxy) is 1. The lowest BCUT2D eigenvalue weighted by Gasteiger charge is -2.06. The molecule has 0 atom stereocenters. The Morgan fingerprint density at radius 3 is 3.00 bits per heavy atom. The molecule has 0 fully saturated rings. The number of rotatable bonds is 5. The monoisotopic (exact) mass is 361 g/mol. The topological polar surface area (TPSA) is 55.6 Å². The van der Waals surface area contributed by atoms with Gasteiger partial charge in [-0.05, 0) is 30.3 Å². The Balaban J connectivity index is 1.35. The molecule has 0 aliphatic carbocycles. The zero-order chi connectivity index (χ0) is 16.5. The third-order valence-corrected chi connectivity index (χ3v) is 5.21. The van der Waals surface area contributed by atoms with E-state index in [0.29, 0.717) is 23.8 Å². The van der Waals surface area contributed by atoms with E-state index >= 15 is 0 Å². The molecular formula is C16H12FN3O2S2. The molecule has 0 radical (unpaired) electrons. The maximum atomic E-state index is 12.8. The van der Waals surface area contributed by atoms with E-state index in [9.17, 15) is 9.18 Å². The summed E-state index contributed by atoms with van der Waals surface area (Å²) >= 11 is 2.94. The lowest BCUT2D eigenvalue weighted by atomic mass is 10.3. The highest BCUT2D eigenvalue weighted by atomic mass is 32.1. The maximum Gasteiger partial charge on any atom is 0.261 e. The number of hydrogen-bond donors (Lipinski definition) is 1. The third-order valence-electron chi connectivity index (χ3n) is 3.43. The molecule has 4 rings (SSSR count). The van der Waals surface area contributed by atoms with E-state index in [1.807, 2.05) is 22.0 Å². The zero-order valence-corrected chi connectivity index (χ0v) is 14.0. The molecule has 3 heterocycles. The minimum atomic E-state index is -0.307. The fourth-order valence-corrected chi connectivity index (χ4v) is 4.03. The average Bonchev–Trinajstić information content (AvgIpc) is 3.24. The smallest absolute Gasteiger partial charge is 0.261 e. The number of nitrogens with zero attached hydrogens (tertiary/aromatic N) is 2. The van der Waals surface area contributed by atoms with Gasteiger partial charge in [0.2, 0.25) is 0 Å². The number of carbonyl (C=O) groups is 1. The Kier molecular flexibility index (Phi) is 3.91. The summed E-state index contributed by atoms with van der Waals surface area (Å²) in [5.74, 6) is 0.115. The molecule has 122 valence electrons. The molecule has 0 aliphatic heterocycles. The quantitative estimate of drug-likeness (QED) is 0.553. The Morgan fingerprint density at radius 1 is 1.33 bits per heavy atom. The minimum absolute atomic E-state index is 0.148. The number of hydrogen-bond acceptors (Lipinski definition) is 5. The number of thiophene rings is 1. The Morgan fingerprint density at radius 2 is 2.17 bits per heavy atom. The summed E-state index contributed by atoms with van der Waals surface area (Å²) in [7, 11) is 0. The van der Waals surface area contributed by atoms with Crippen molar-refractivity contribution in [2.75, 3.05) is 13.2 Å². The van der Waals surface area contributed by atoms with Gasteiger partial charge in [-0.25, -0.2) is 9.37 Å². The van der Waals surface area contributed by atoms with Crippen molar-refractivity contribution in [3.05, 3.63) is 52.6 Å². The van der Waals surface area contributed by atoms with Crippen LogP contribution < -0.4 is 10.1 Å². The summed E-state index contributed by atoms with van der Waals surface area (Å²) in [6.45, 7) is 0.684. The van der Waals surface area contributed by atoms with Gasteiger partial charge in [-0.1, -0.05) is 0 Å². The van der Waals surface area contributed by atoms with E-state index in [0.717, 1.165) is 15.3 Å². The van der Waals surface area contributed by atoms with Crippen LogP contribution in [-0.4, -0.2) is 28.4 Å². The second kappa shape index (κ2) is 6.21. The third kappa shape index (κ3) is 2.85. The summed E-state index contributed by atoms with van der Waals surface area (Å²) in [6, 6.07) is 7.63. The molecule has 4 aromatic rings. The molecule has 0 saturated heterocycles. The number of fused-ring (bicyclic) bond motifs is 3. The van der Waals surface area contributed by atoms with Crippen LogP contribution in [0.1, 0.15) is 9.67 Å². The summed E-state index contributed by atoms with van der Waals surface area (Å²) in [6.07, 6.45) is 1.94. The van der Waals surface area contributed by atoms with Gasteiger partial charge in [-0.2, -0.15) is 0 Å². The molecule has 8 heteroatoms. The van der Waals surface area contributed by atoms with Crippen LogP contribution in [0.2, 0.25) is 0 Å². The highest BCUT2D eigenvalue weighted by molar-refractivity contribution is 7.21. The first-order valence-electron chi connectivity index (χ1n) is 7.22. The van der Waals surface area contributed by atoms with Crippen LogP contribution in [0.5, 0.6) is 5.75 Å². The van der Waals surface area contributed by atoms with Crippen molar-refractivity contribution in [3.63, 3.8) is 0 Å². The van der Waals surface area contributed by atoms with Crippen molar-refractivity contribution < 1.29 is 13.9 Å². The van der Waals surface area contributed by atoms with Crippen molar-refractivity contribution in [3.8, 4) is 5.75 Å². The molecule has 24 heavy (non-hydrogen) atoms. The number of amides is 1. The Bertz CT molecular complexity index is 1000. The molecule has 0 unspecified atom stereocenters. The summed E-state index contributed by atoms with van der Waals surface area (Å²) in [5, 5.41) is 4.78. The van der Waals surface area contributed by atoms with Gasteiger partial charge in [0, 0.05) is 11.6 Å². The first-order chi connectivity index (χ1) is 11.7. The highest BCUT2D eigenvalue weighted by Crippen LogP contribution is 2.28. The fourth-order valence-electron chi connectivity index (χ4n) is 2.31. The SMILES string of the molecule is O=C(NCCOc1ccc(F)cc1)c1cc2c(nc3sccn32)s1. The molecular weight excluding hydrogens is 349 g/mol. The van der Waals surface area contributed by atoms with E-state index in [-0.39, 0.29) is 11.7 Å². The standard InChI is InChI=1S/C16H12FN3O2S2/c17-10-1-3-11(4-2-10)22-7-5-18-14(21)13-9-12-15(24-13)19-16-20(12)6-8-23-16/h1-4,6,8-9H,5,7H2,(H,18,21). The van der Waals surface area contributed by atoms with Gasteiger partial charge in [0.1, 0.15) is 23.0 Å². The van der Waals surface area contributed by atoms with E-state index < -0.39 is 0 Å². The van der Waals surface area contributed by atoms with Crippen molar-refractivity contribution in [1.29, 1.82) is 0 Å². The second-order valence-corrected chi connectivity index (χ2v) is 6.93. The summed E-state index contributed by atoms with van der Waals surface area (Å²) in [5.41, 5.74) is 0.948. The molecule has 0 spiro atoms. The van der Waals surface area contributed by atoms with E-state index in [4.69, 9.17) is 4.74 Å². The van der Waals surface area contributed by atoms with Gasteiger partial charge in [0.05, 0.1) is 16.9 Å². The largest absolute Gasteiger partial charge is 0.492 e. The lowest BCUT2D eigenvalue weighted by Crippen LogP contribution is -2.27. The van der Waals surface area contributed by atoms with Gasteiger partial charge in [0.25, 0.3) is 5.91 Å². The van der Waals surface area contributed by atoms with Crippen molar-refractivity contribution >= 4 is 43.9 Å². The van der Waals surface area contributed by atoms with Crippen LogP contribution >= 0.6 is 22.7 Å². The normalized spacial score (nSPS) is 11.2. The van der Waals surface area contributed by atoms with Crippen LogP contribution in [0, 0.1) is 5.82 Å². The average molecular weight is 361 g/mol. The Labute approximate surface area is 144 Å². The van der Waals surface area contributed by atoms with Crippen LogP contribution in [0.25, 0.3) is 15.3 Å². The first kappa shape index (κ1) is 15.1. The van der Waals surface area contributed by atoms with Gasteiger partial charge < -0.3 is 10.1 Å². The van der Waals surface area contributed by atoms with E-state index in [2.05, 4.69) is 10.3 Å². The second-order valence-electron chi connectivity index (χ2n) is 5.03. The van der Waals surface area contributed by atoms with Gasteiger partial charge in [-0.15, -0.1) is 22.7 Å². The molecule has 0 saturated carbocycles. The predicted octanol–water partition coefficient (Wildman–Crippen LogP) is 3.56. The van der Waals surface area contributed by atoms with Crippen LogP contribution in [0.4, 0.5) is 4.39 Å². The molecule has 3 aromatic heterocycles. The molecule has 1 amide bonds. The maximum absolute atomic E-state index is 12.8. The fraction of sp³-hybridized carbons (Fsp3) is 0.125. The Hall–Kier alpha value is -2.45. The number of aromatic nitrogens is 2. The van der Waals surface area contributed by atoms with Gasteiger partial charge in [0.15, 0.2) is 4.96 Å². The van der Waals surface area contributed by atoms with Crippen molar-refractivity contribution in [2.24, 2.45) is 0 Å². The number of benzene rings is 1. The van der Waals surface area contributed by atoms with Crippen molar-refractivity contribution in [2.45, 2.75) is 0 Å². The minimum Gasteiger partial charge on any atom is -0.492 e. The van der Waals surface area contributed by atoms with Gasteiger partial charge >= 0.3 is 0 Å². The molecule has 5 nitrogen and oxygen atoms in total. The predicted molar refractivity (Wildman–Crippen MR) is 92.7 cm³/mol. The number of imidazole rings is 1. The molecule has 0 aliphatic rings. The van der Waals surface area contributed by atoms with Crippen LogP contribution in [0.3, 0.4) is 0 Å². The zero-order valence-electron chi connectivity index (χ0n) is 12.4. The first-order valence-corrected chi connectivity index (χ1v) is 8.92. The molecule has 0 bridgehead atoms. The molecule has 1 N–H and O–H groups in total. The number of nitrogens with one attached hydrogen (secondary N) is 1. The number of halogens is 1.